The second-order valence-corrected chi connectivity index (χ2v) is 5.59. The molecule has 0 saturated carbocycles. The van der Waals surface area contributed by atoms with Gasteiger partial charge in [0, 0.05) is 17.5 Å². The van der Waals surface area contributed by atoms with E-state index >= 15 is 0 Å². The molecule has 0 radical (unpaired) electrons. The minimum atomic E-state index is -0.188. The van der Waals surface area contributed by atoms with Gasteiger partial charge in [0.15, 0.2) is 0 Å². The number of hydrogen-bond donors (Lipinski definition) is 1. The monoisotopic (exact) mass is 302 g/mol. The Labute approximate surface area is 128 Å². The van der Waals surface area contributed by atoms with E-state index < -0.39 is 0 Å². The second-order valence-electron chi connectivity index (χ2n) is 4.73. The summed E-state index contributed by atoms with van der Waals surface area (Å²) in [6, 6.07) is 7.72. The van der Waals surface area contributed by atoms with Gasteiger partial charge in [-0.2, -0.15) is 0 Å². The van der Waals surface area contributed by atoms with Crippen LogP contribution < -0.4 is 10.1 Å². The number of nitrogens with one attached hydrogen (secondary N) is 1. The van der Waals surface area contributed by atoms with Crippen LogP contribution in [0.2, 0.25) is 0 Å². The van der Waals surface area contributed by atoms with Gasteiger partial charge in [-0.3, -0.25) is 4.79 Å². The van der Waals surface area contributed by atoms with Crippen molar-refractivity contribution in [3.63, 3.8) is 0 Å². The quantitative estimate of drug-likeness (QED) is 0.831. The summed E-state index contributed by atoms with van der Waals surface area (Å²) in [5.74, 6) is 0.613. The Balaban J connectivity index is 2.17. The lowest BCUT2D eigenvalue weighted by molar-refractivity contribution is 0.0954. The number of benzene rings is 1. The largest absolute Gasteiger partial charge is 0.491 e. The molecule has 0 saturated heterocycles. The standard InChI is InChI=1S/C16H18N2O2S/c1-4-8-17-15(19)14-10-21-16(18-14)12-6-5-7-13(9-12)20-11(2)3/h4-7,9-11H,1,8H2,2-3H3,(H,17,19). The van der Waals surface area contributed by atoms with Crippen molar-refractivity contribution >= 4 is 17.2 Å². The van der Waals surface area contributed by atoms with Gasteiger partial charge in [0.05, 0.1) is 6.10 Å². The Morgan fingerprint density at radius 1 is 1.52 bits per heavy atom. The Morgan fingerprint density at radius 3 is 3.05 bits per heavy atom. The molecule has 1 heterocycles. The lowest BCUT2D eigenvalue weighted by atomic mass is 10.2. The molecule has 5 heteroatoms. The number of thiazole rings is 1. The highest BCUT2D eigenvalue weighted by atomic mass is 32.1. The molecule has 0 bridgehead atoms. The van der Waals surface area contributed by atoms with Crippen molar-refractivity contribution in [2.24, 2.45) is 0 Å². The van der Waals surface area contributed by atoms with Gasteiger partial charge in [0.1, 0.15) is 16.5 Å². The van der Waals surface area contributed by atoms with Crippen LogP contribution in [0.1, 0.15) is 24.3 Å². The fourth-order valence-electron chi connectivity index (χ4n) is 1.74. The fraction of sp³-hybridized carbons (Fsp3) is 0.250. The van der Waals surface area contributed by atoms with Crippen molar-refractivity contribution in [2.45, 2.75) is 20.0 Å². The number of aromatic nitrogens is 1. The van der Waals surface area contributed by atoms with E-state index in [1.165, 1.54) is 11.3 Å². The summed E-state index contributed by atoms with van der Waals surface area (Å²) in [4.78, 5) is 16.2. The number of carbonyl (C=O) groups excluding carboxylic acids is 1. The second kappa shape index (κ2) is 7.04. The molecule has 0 aliphatic heterocycles. The van der Waals surface area contributed by atoms with E-state index in [4.69, 9.17) is 4.74 Å². The minimum absolute atomic E-state index is 0.122. The summed E-state index contributed by atoms with van der Waals surface area (Å²) >= 11 is 1.44. The Hall–Kier alpha value is -2.14. The number of rotatable bonds is 6. The van der Waals surface area contributed by atoms with Crippen molar-refractivity contribution in [2.75, 3.05) is 6.54 Å². The van der Waals surface area contributed by atoms with E-state index in [0.717, 1.165) is 16.3 Å². The van der Waals surface area contributed by atoms with Crippen LogP contribution in [0.3, 0.4) is 0 Å². The maximum atomic E-state index is 11.8. The smallest absolute Gasteiger partial charge is 0.271 e. The van der Waals surface area contributed by atoms with Gasteiger partial charge in [-0.05, 0) is 26.0 Å². The van der Waals surface area contributed by atoms with E-state index in [-0.39, 0.29) is 12.0 Å². The number of ether oxygens (including phenoxy) is 1. The van der Waals surface area contributed by atoms with E-state index in [0.29, 0.717) is 12.2 Å². The van der Waals surface area contributed by atoms with Crippen LogP contribution >= 0.6 is 11.3 Å². The lowest BCUT2D eigenvalue weighted by Gasteiger charge is -2.09. The summed E-state index contributed by atoms with van der Waals surface area (Å²) in [7, 11) is 0. The van der Waals surface area contributed by atoms with Gasteiger partial charge in [0.2, 0.25) is 0 Å². The highest BCUT2D eigenvalue weighted by molar-refractivity contribution is 7.13. The summed E-state index contributed by atoms with van der Waals surface area (Å²) in [5.41, 5.74) is 1.37. The fourth-order valence-corrected chi connectivity index (χ4v) is 2.54. The number of carbonyl (C=O) groups is 1. The predicted octanol–water partition coefficient (Wildman–Crippen LogP) is 3.51. The van der Waals surface area contributed by atoms with E-state index in [1.54, 1.807) is 11.5 Å². The molecule has 0 aliphatic carbocycles. The summed E-state index contributed by atoms with van der Waals surface area (Å²) in [5, 5.41) is 5.27. The molecule has 1 aromatic heterocycles. The van der Waals surface area contributed by atoms with Gasteiger partial charge in [-0.25, -0.2) is 4.98 Å². The van der Waals surface area contributed by atoms with Crippen molar-refractivity contribution in [1.29, 1.82) is 0 Å². The molecule has 110 valence electrons. The maximum absolute atomic E-state index is 11.8. The lowest BCUT2D eigenvalue weighted by Crippen LogP contribution is -2.23. The highest BCUT2D eigenvalue weighted by Crippen LogP contribution is 2.27. The zero-order valence-electron chi connectivity index (χ0n) is 12.1. The van der Waals surface area contributed by atoms with Gasteiger partial charge in [-0.15, -0.1) is 17.9 Å². The first-order valence-corrected chi connectivity index (χ1v) is 7.60. The average molecular weight is 302 g/mol. The first-order valence-electron chi connectivity index (χ1n) is 6.72. The van der Waals surface area contributed by atoms with Crippen molar-refractivity contribution in [3.8, 4) is 16.3 Å². The zero-order chi connectivity index (χ0) is 15.2. The molecule has 0 unspecified atom stereocenters. The number of nitrogens with zero attached hydrogens (tertiary/aromatic N) is 1. The molecule has 2 aromatic rings. The Morgan fingerprint density at radius 2 is 2.33 bits per heavy atom. The third-order valence-electron chi connectivity index (χ3n) is 2.60. The molecule has 21 heavy (non-hydrogen) atoms. The van der Waals surface area contributed by atoms with Crippen LogP contribution in [0.25, 0.3) is 10.6 Å². The normalized spacial score (nSPS) is 10.4. The SMILES string of the molecule is C=CCNC(=O)c1csc(-c2cccc(OC(C)C)c2)n1. The van der Waals surface area contributed by atoms with Crippen LogP contribution in [0.5, 0.6) is 5.75 Å². The maximum Gasteiger partial charge on any atom is 0.271 e. The zero-order valence-corrected chi connectivity index (χ0v) is 12.9. The Bertz CT molecular complexity index is 635. The summed E-state index contributed by atoms with van der Waals surface area (Å²) in [6.45, 7) is 7.97. The van der Waals surface area contributed by atoms with Crippen molar-refractivity contribution in [1.82, 2.24) is 10.3 Å². The molecule has 0 spiro atoms. The molecule has 1 amide bonds. The van der Waals surface area contributed by atoms with Crippen LogP contribution in [-0.4, -0.2) is 23.5 Å². The number of amides is 1. The van der Waals surface area contributed by atoms with Gasteiger partial charge in [0.25, 0.3) is 5.91 Å². The van der Waals surface area contributed by atoms with E-state index in [9.17, 15) is 4.79 Å². The highest BCUT2D eigenvalue weighted by Gasteiger charge is 2.11. The summed E-state index contributed by atoms with van der Waals surface area (Å²) < 4.78 is 5.67. The molecule has 2 rings (SSSR count). The van der Waals surface area contributed by atoms with Crippen LogP contribution in [0.15, 0.2) is 42.3 Å². The molecular formula is C16H18N2O2S. The van der Waals surface area contributed by atoms with Crippen LogP contribution in [0, 0.1) is 0 Å². The first kappa shape index (κ1) is 15.3. The third-order valence-corrected chi connectivity index (χ3v) is 3.49. The van der Waals surface area contributed by atoms with Crippen molar-refractivity contribution in [3.05, 3.63) is 48.0 Å². The van der Waals surface area contributed by atoms with Gasteiger partial charge < -0.3 is 10.1 Å². The van der Waals surface area contributed by atoms with Crippen LogP contribution in [-0.2, 0) is 0 Å². The first-order chi connectivity index (χ1) is 10.1. The average Bonchev–Trinajstić information content (AvgIpc) is 2.94. The molecule has 0 aliphatic rings. The van der Waals surface area contributed by atoms with E-state index in [1.807, 2.05) is 38.1 Å². The molecule has 1 aromatic carbocycles. The minimum Gasteiger partial charge on any atom is -0.491 e. The third kappa shape index (κ3) is 4.16. The molecule has 0 atom stereocenters. The van der Waals surface area contributed by atoms with Crippen molar-refractivity contribution < 1.29 is 9.53 Å². The Kier molecular flexibility index (Phi) is 5.11. The number of hydrogen-bond acceptors (Lipinski definition) is 4. The van der Waals surface area contributed by atoms with Gasteiger partial charge >= 0.3 is 0 Å². The van der Waals surface area contributed by atoms with Crippen LogP contribution in [0.4, 0.5) is 0 Å². The topological polar surface area (TPSA) is 51.2 Å². The molecule has 0 fully saturated rings. The summed E-state index contributed by atoms with van der Waals surface area (Å²) in [6.07, 6.45) is 1.76. The molecular weight excluding hydrogens is 284 g/mol. The van der Waals surface area contributed by atoms with Gasteiger partial charge in [-0.1, -0.05) is 18.2 Å². The van der Waals surface area contributed by atoms with E-state index in [2.05, 4.69) is 16.9 Å². The molecule has 1 N–H and O–H groups in total. The molecule has 4 nitrogen and oxygen atoms in total. The predicted molar refractivity (Wildman–Crippen MR) is 85.8 cm³/mol.